The van der Waals surface area contributed by atoms with Crippen LogP contribution in [0.25, 0.3) is 0 Å². The first kappa shape index (κ1) is 19.3. The van der Waals surface area contributed by atoms with Crippen molar-refractivity contribution < 1.29 is 19.4 Å². The van der Waals surface area contributed by atoms with Crippen LogP contribution < -0.4 is 4.74 Å². The van der Waals surface area contributed by atoms with Crippen molar-refractivity contribution in [3.8, 4) is 5.75 Å². The molecule has 0 unspecified atom stereocenters. The SMILES string of the molecule is COc1ccc(C)cc1[C@@H](C(=O)O)N1CCC(OCc2ccccn2)CC1. The molecule has 0 saturated carbocycles. The molecule has 6 heteroatoms. The molecular formula is C21H26N2O4. The molecule has 1 aliphatic rings. The quantitative estimate of drug-likeness (QED) is 0.807. The van der Waals surface area contributed by atoms with Gasteiger partial charge in [-0.3, -0.25) is 14.7 Å². The molecule has 3 rings (SSSR count). The van der Waals surface area contributed by atoms with Gasteiger partial charge >= 0.3 is 5.97 Å². The van der Waals surface area contributed by atoms with Crippen molar-refractivity contribution in [3.63, 3.8) is 0 Å². The summed E-state index contributed by atoms with van der Waals surface area (Å²) < 4.78 is 11.4. The molecule has 1 atom stereocenters. The monoisotopic (exact) mass is 370 g/mol. The number of methoxy groups -OCH3 is 1. The number of piperidine rings is 1. The van der Waals surface area contributed by atoms with Crippen LogP contribution in [-0.2, 0) is 16.1 Å². The second kappa shape index (κ2) is 8.97. The van der Waals surface area contributed by atoms with Gasteiger partial charge in [0.25, 0.3) is 0 Å². The Morgan fingerprint density at radius 2 is 2.07 bits per heavy atom. The molecule has 1 saturated heterocycles. The molecule has 1 aromatic heterocycles. The number of aryl methyl sites for hydroxylation is 1. The zero-order valence-electron chi connectivity index (χ0n) is 15.8. The normalized spacial score (nSPS) is 16.8. The summed E-state index contributed by atoms with van der Waals surface area (Å²) in [5.74, 6) is -0.242. The van der Waals surface area contributed by atoms with Gasteiger partial charge in [-0.15, -0.1) is 0 Å². The lowest BCUT2D eigenvalue weighted by molar-refractivity contribution is -0.145. The van der Waals surface area contributed by atoms with Gasteiger partial charge < -0.3 is 14.6 Å². The van der Waals surface area contributed by atoms with E-state index in [1.54, 1.807) is 13.3 Å². The molecule has 0 spiro atoms. The van der Waals surface area contributed by atoms with Gasteiger partial charge in [0, 0.05) is 24.8 Å². The maximum atomic E-state index is 12.0. The van der Waals surface area contributed by atoms with Crippen molar-refractivity contribution in [2.45, 2.75) is 38.5 Å². The molecule has 0 radical (unpaired) electrons. The predicted molar refractivity (Wildman–Crippen MR) is 102 cm³/mol. The Hall–Kier alpha value is -2.44. The zero-order chi connectivity index (χ0) is 19.2. The van der Waals surface area contributed by atoms with Crippen molar-refractivity contribution in [2.75, 3.05) is 20.2 Å². The highest BCUT2D eigenvalue weighted by atomic mass is 16.5. The zero-order valence-corrected chi connectivity index (χ0v) is 15.8. The Bertz CT molecular complexity index is 758. The van der Waals surface area contributed by atoms with Crippen molar-refractivity contribution in [1.29, 1.82) is 0 Å². The summed E-state index contributed by atoms with van der Waals surface area (Å²) in [5.41, 5.74) is 2.64. The largest absolute Gasteiger partial charge is 0.496 e. The summed E-state index contributed by atoms with van der Waals surface area (Å²) in [6.07, 6.45) is 3.47. The molecular weight excluding hydrogens is 344 g/mol. The van der Waals surface area contributed by atoms with E-state index >= 15 is 0 Å². The van der Waals surface area contributed by atoms with Crippen LogP contribution in [0.4, 0.5) is 0 Å². The van der Waals surface area contributed by atoms with Crippen molar-refractivity contribution in [1.82, 2.24) is 9.88 Å². The van der Waals surface area contributed by atoms with E-state index in [-0.39, 0.29) is 6.10 Å². The van der Waals surface area contributed by atoms with Gasteiger partial charge in [0.05, 0.1) is 25.5 Å². The Labute approximate surface area is 159 Å². The molecule has 6 nitrogen and oxygen atoms in total. The van der Waals surface area contributed by atoms with Gasteiger partial charge in [-0.25, -0.2) is 0 Å². The minimum Gasteiger partial charge on any atom is -0.496 e. The highest BCUT2D eigenvalue weighted by Crippen LogP contribution is 2.33. The topological polar surface area (TPSA) is 71.9 Å². The average molecular weight is 370 g/mol. The van der Waals surface area contributed by atoms with Crippen molar-refractivity contribution in [3.05, 3.63) is 59.4 Å². The Morgan fingerprint density at radius 1 is 1.30 bits per heavy atom. The molecule has 27 heavy (non-hydrogen) atoms. The van der Waals surface area contributed by atoms with Gasteiger partial charge in [0.2, 0.25) is 0 Å². The maximum absolute atomic E-state index is 12.0. The first-order valence-electron chi connectivity index (χ1n) is 9.21. The third-order valence-electron chi connectivity index (χ3n) is 4.95. The van der Waals surface area contributed by atoms with Gasteiger partial charge in [0.1, 0.15) is 11.8 Å². The first-order chi connectivity index (χ1) is 13.1. The molecule has 144 valence electrons. The number of ether oxygens (including phenoxy) is 2. The van der Waals surface area contributed by atoms with Crippen LogP contribution in [0, 0.1) is 6.92 Å². The minimum atomic E-state index is -0.855. The van der Waals surface area contributed by atoms with Gasteiger partial charge in [0.15, 0.2) is 0 Å². The lowest BCUT2D eigenvalue weighted by Crippen LogP contribution is -2.42. The first-order valence-corrected chi connectivity index (χ1v) is 9.21. The number of aliphatic carboxylic acids is 1. The third-order valence-corrected chi connectivity index (χ3v) is 4.95. The van der Waals surface area contributed by atoms with E-state index in [1.165, 1.54) is 0 Å². The lowest BCUT2D eigenvalue weighted by atomic mass is 9.98. The smallest absolute Gasteiger partial charge is 0.325 e. The Balaban J connectivity index is 1.64. The molecule has 1 aromatic carbocycles. The van der Waals surface area contributed by atoms with Crippen molar-refractivity contribution >= 4 is 5.97 Å². The highest BCUT2D eigenvalue weighted by Gasteiger charge is 2.33. The number of nitrogens with zero attached hydrogens (tertiary/aromatic N) is 2. The molecule has 0 bridgehead atoms. The van der Waals surface area contributed by atoms with E-state index in [0.717, 1.165) is 24.1 Å². The van der Waals surface area contributed by atoms with Gasteiger partial charge in [-0.05, 0) is 38.0 Å². The summed E-state index contributed by atoms with van der Waals surface area (Å²) in [4.78, 5) is 18.3. The summed E-state index contributed by atoms with van der Waals surface area (Å²) in [6, 6.07) is 10.7. The van der Waals surface area contributed by atoms with E-state index in [4.69, 9.17) is 9.47 Å². The number of benzene rings is 1. The fourth-order valence-corrected chi connectivity index (χ4v) is 3.54. The van der Waals surface area contributed by atoms with Gasteiger partial charge in [-0.1, -0.05) is 23.8 Å². The summed E-state index contributed by atoms with van der Waals surface area (Å²) in [7, 11) is 1.57. The number of likely N-dealkylation sites (tertiary alicyclic amines) is 1. The van der Waals surface area contributed by atoms with Crippen molar-refractivity contribution in [2.24, 2.45) is 0 Å². The summed E-state index contributed by atoms with van der Waals surface area (Å²) in [5, 5.41) is 9.87. The number of rotatable bonds is 7. The molecule has 1 N–H and O–H groups in total. The summed E-state index contributed by atoms with van der Waals surface area (Å²) >= 11 is 0. The van der Waals surface area contributed by atoms with Crippen LogP contribution in [0.3, 0.4) is 0 Å². The number of carboxylic acid groups (broad SMARTS) is 1. The van der Waals surface area contributed by atoms with Crippen LogP contribution in [0.1, 0.15) is 35.7 Å². The van der Waals surface area contributed by atoms with E-state index < -0.39 is 12.0 Å². The standard InChI is InChI=1S/C21H26N2O4/c1-15-6-7-19(26-2)18(13-15)20(21(24)25)23-11-8-17(9-12-23)27-14-16-5-3-4-10-22-16/h3-7,10,13,17,20H,8-9,11-12,14H2,1-2H3,(H,24,25)/t20-/m0/s1. The molecule has 2 aromatic rings. The van der Waals surface area contributed by atoms with Gasteiger partial charge in [-0.2, -0.15) is 0 Å². The molecule has 2 heterocycles. The van der Waals surface area contributed by atoms with Crippen LogP contribution in [0.2, 0.25) is 0 Å². The number of hydrogen-bond acceptors (Lipinski definition) is 5. The highest BCUT2D eigenvalue weighted by molar-refractivity contribution is 5.77. The van der Waals surface area contributed by atoms with Crippen LogP contribution in [0.5, 0.6) is 5.75 Å². The number of hydrogen-bond donors (Lipinski definition) is 1. The van der Waals surface area contributed by atoms with Crippen LogP contribution in [0.15, 0.2) is 42.6 Å². The number of aromatic nitrogens is 1. The molecule has 0 aliphatic carbocycles. The van der Waals surface area contributed by atoms with E-state index in [1.807, 2.05) is 48.2 Å². The predicted octanol–water partition coefficient (Wildman–Crippen LogP) is 3.21. The fraction of sp³-hybridized carbons (Fsp3) is 0.429. The van der Waals surface area contributed by atoms with E-state index in [2.05, 4.69) is 4.98 Å². The average Bonchev–Trinajstić information content (AvgIpc) is 2.68. The second-order valence-corrected chi connectivity index (χ2v) is 6.85. The minimum absolute atomic E-state index is 0.122. The Morgan fingerprint density at radius 3 is 2.70 bits per heavy atom. The third kappa shape index (κ3) is 4.84. The summed E-state index contributed by atoms with van der Waals surface area (Å²) in [6.45, 7) is 3.78. The van der Waals surface area contributed by atoms with E-state index in [9.17, 15) is 9.90 Å². The fourth-order valence-electron chi connectivity index (χ4n) is 3.54. The number of carbonyl (C=O) groups is 1. The molecule has 0 amide bonds. The van der Waals surface area contributed by atoms with E-state index in [0.29, 0.717) is 31.0 Å². The van der Waals surface area contributed by atoms with Crippen LogP contribution >= 0.6 is 0 Å². The second-order valence-electron chi connectivity index (χ2n) is 6.85. The number of carboxylic acids is 1. The number of pyridine rings is 1. The maximum Gasteiger partial charge on any atom is 0.325 e. The lowest BCUT2D eigenvalue weighted by Gasteiger charge is -2.36. The molecule has 1 fully saturated rings. The van der Waals surface area contributed by atoms with Crippen LogP contribution in [-0.4, -0.2) is 47.3 Å². The Kier molecular flexibility index (Phi) is 6.42. The molecule has 1 aliphatic heterocycles.